The molecule has 4 heteroatoms. The van der Waals surface area contributed by atoms with Gasteiger partial charge >= 0.3 is 5.97 Å². The fourth-order valence-electron chi connectivity index (χ4n) is 1.98. The number of amides is 1. The van der Waals surface area contributed by atoms with Crippen molar-refractivity contribution in [2.24, 2.45) is 0 Å². The lowest BCUT2D eigenvalue weighted by Gasteiger charge is -2.20. The van der Waals surface area contributed by atoms with E-state index in [4.69, 9.17) is 5.11 Å². The summed E-state index contributed by atoms with van der Waals surface area (Å²) in [7, 11) is 0. The van der Waals surface area contributed by atoms with E-state index in [1.54, 1.807) is 24.3 Å². The predicted octanol–water partition coefficient (Wildman–Crippen LogP) is 1.54. The third-order valence-electron chi connectivity index (χ3n) is 2.82. The molecule has 0 aromatic heterocycles. The summed E-state index contributed by atoms with van der Waals surface area (Å²) >= 11 is 0. The van der Waals surface area contributed by atoms with E-state index in [9.17, 15) is 9.59 Å². The Balaban J connectivity index is 2.25. The lowest BCUT2D eigenvalue weighted by molar-refractivity contribution is -0.141. The van der Waals surface area contributed by atoms with Crippen LogP contribution >= 0.6 is 0 Å². The maximum Gasteiger partial charge on any atom is 0.326 e. The SMILES string of the molecule is C=C1CC(C(=O)O)N(C(=O)c2ccccc2)C1. The minimum Gasteiger partial charge on any atom is -0.480 e. The summed E-state index contributed by atoms with van der Waals surface area (Å²) in [5, 5.41) is 9.06. The zero-order chi connectivity index (χ0) is 12.4. The summed E-state index contributed by atoms with van der Waals surface area (Å²) in [5.41, 5.74) is 1.29. The monoisotopic (exact) mass is 231 g/mol. The lowest BCUT2D eigenvalue weighted by atomic mass is 10.1. The van der Waals surface area contributed by atoms with E-state index in [1.165, 1.54) is 4.90 Å². The standard InChI is InChI=1S/C13H13NO3/c1-9-7-11(13(16)17)14(8-9)12(15)10-5-3-2-4-6-10/h2-6,11H,1,7-8H2,(H,16,17). The van der Waals surface area contributed by atoms with Crippen molar-refractivity contribution in [1.82, 2.24) is 4.90 Å². The number of aliphatic carboxylic acids is 1. The fourth-order valence-corrected chi connectivity index (χ4v) is 1.98. The highest BCUT2D eigenvalue weighted by atomic mass is 16.4. The van der Waals surface area contributed by atoms with Crippen LogP contribution in [0.3, 0.4) is 0 Å². The van der Waals surface area contributed by atoms with Crippen LogP contribution in [-0.4, -0.2) is 34.5 Å². The van der Waals surface area contributed by atoms with Crippen LogP contribution in [0, 0.1) is 0 Å². The first-order chi connectivity index (χ1) is 8.09. The van der Waals surface area contributed by atoms with Crippen molar-refractivity contribution in [3.05, 3.63) is 48.0 Å². The van der Waals surface area contributed by atoms with Gasteiger partial charge in [0.15, 0.2) is 0 Å². The van der Waals surface area contributed by atoms with Gasteiger partial charge < -0.3 is 10.0 Å². The van der Waals surface area contributed by atoms with Crippen LogP contribution in [0.2, 0.25) is 0 Å². The molecule has 17 heavy (non-hydrogen) atoms. The maximum atomic E-state index is 12.1. The van der Waals surface area contributed by atoms with Gasteiger partial charge in [-0.3, -0.25) is 4.79 Å². The van der Waals surface area contributed by atoms with Gasteiger partial charge in [0, 0.05) is 18.5 Å². The molecule has 0 aliphatic carbocycles. The molecule has 1 heterocycles. The van der Waals surface area contributed by atoms with E-state index in [1.807, 2.05) is 6.07 Å². The van der Waals surface area contributed by atoms with Crippen LogP contribution in [0.4, 0.5) is 0 Å². The summed E-state index contributed by atoms with van der Waals surface area (Å²) < 4.78 is 0. The van der Waals surface area contributed by atoms with Crippen molar-refractivity contribution in [1.29, 1.82) is 0 Å². The highest BCUT2D eigenvalue weighted by Crippen LogP contribution is 2.23. The Hall–Kier alpha value is -2.10. The van der Waals surface area contributed by atoms with Crippen molar-refractivity contribution >= 4 is 11.9 Å². The van der Waals surface area contributed by atoms with Gasteiger partial charge in [-0.2, -0.15) is 0 Å². The maximum absolute atomic E-state index is 12.1. The number of carbonyl (C=O) groups excluding carboxylic acids is 1. The molecule has 4 nitrogen and oxygen atoms in total. The second-order valence-electron chi connectivity index (χ2n) is 4.11. The van der Waals surface area contributed by atoms with Gasteiger partial charge in [-0.1, -0.05) is 30.4 Å². The van der Waals surface area contributed by atoms with Crippen LogP contribution < -0.4 is 0 Å². The summed E-state index contributed by atoms with van der Waals surface area (Å²) in [6.07, 6.45) is 0.341. The van der Waals surface area contributed by atoms with Crippen LogP contribution in [-0.2, 0) is 4.79 Å². The second kappa shape index (κ2) is 4.41. The molecule has 2 rings (SSSR count). The van der Waals surface area contributed by atoms with Crippen molar-refractivity contribution < 1.29 is 14.7 Å². The smallest absolute Gasteiger partial charge is 0.326 e. The Kier molecular flexibility index (Phi) is 2.95. The zero-order valence-corrected chi connectivity index (χ0v) is 9.30. The number of likely N-dealkylation sites (tertiary alicyclic amines) is 1. The van der Waals surface area contributed by atoms with Gasteiger partial charge in [-0.05, 0) is 12.1 Å². The quantitative estimate of drug-likeness (QED) is 0.785. The summed E-state index contributed by atoms with van der Waals surface area (Å²) in [5.74, 6) is -1.23. The number of hydrogen-bond acceptors (Lipinski definition) is 2. The Labute approximate surface area is 99.2 Å². The van der Waals surface area contributed by atoms with Crippen LogP contribution in [0.15, 0.2) is 42.5 Å². The normalized spacial score (nSPS) is 19.4. The third-order valence-corrected chi connectivity index (χ3v) is 2.82. The largest absolute Gasteiger partial charge is 0.480 e. The van der Waals surface area contributed by atoms with Crippen molar-refractivity contribution in [3.8, 4) is 0 Å². The minimum absolute atomic E-state index is 0.253. The molecule has 1 fully saturated rings. The number of carboxylic acids is 1. The lowest BCUT2D eigenvalue weighted by Crippen LogP contribution is -2.40. The number of rotatable bonds is 2. The summed E-state index contributed by atoms with van der Waals surface area (Å²) in [4.78, 5) is 24.5. The van der Waals surface area contributed by atoms with E-state index < -0.39 is 12.0 Å². The number of benzene rings is 1. The topological polar surface area (TPSA) is 57.6 Å². The average Bonchev–Trinajstić information content (AvgIpc) is 2.72. The minimum atomic E-state index is -0.979. The molecular formula is C13H13NO3. The molecule has 1 aliphatic heterocycles. The number of nitrogens with zero attached hydrogens (tertiary/aromatic N) is 1. The van der Waals surface area contributed by atoms with Gasteiger partial charge in [0.05, 0.1) is 0 Å². The van der Waals surface area contributed by atoms with Crippen LogP contribution in [0.5, 0.6) is 0 Å². The Morgan fingerprint density at radius 3 is 2.53 bits per heavy atom. The molecule has 0 bridgehead atoms. The molecule has 1 saturated heterocycles. The van der Waals surface area contributed by atoms with Gasteiger partial charge in [0.1, 0.15) is 6.04 Å². The van der Waals surface area contributed by atoms with Gasteiger partial charge in [-0.25, -0.2) is 4.79 Å². The van der Waals surface area contributed by atoms with E-state index >= 15 is 0 Å². The van der Waals surface area contributed by atoms with E-state index in [2.05, 4.69) is 6.58 Å². The number of carboxylic acid groups (broad SMARTS) is 1. The molecule has 1 aromatic rings. The van der Waals surface area contributed by atoms with Crippen LogP contribution in [0.1, 0.15) is 16.8 Å². The Morgan fingerprint density at radius 1 is 1.29 bits per heavy atom. The molecule has 1 aliphatic rings. The predicted molar refractivity (Wildman–Crippen MR) is 62.7 cm³/mol. The van der Waals surface area contributed by atoms with Gasteiger partial charge in [0.25, 0.3) is 5.91 Å². The molecular weight excluding hydrogens is 218 g/mol. The molecule has 1 N–H and O–H groups in total. The molecule has 0 spiro atoms. The summed E-state index contributed by atoms with van der Waals surface area (Å²) in [6, 6.07) is 7.91. The Morgan fingerprint density at radius 2 is 1.94 bits per heavy atom. The zero-order valence-electron chi connectivity index (χ0n) is 9.30. The van der Waals surface area contributed by atoms with Crippen molar-refractivity contribution in [2.45, 2.75) is 12.5 Å². The van der Waals surface area contributed by atoms with E-state index in [-0.39, 0.29) is 5.91 Å². The van der Waals surface area contributed by atoms with E-state index in [0.29, 0.717) is 18.5 Å². The average molecular weight is 231 g/mol. The first-order valence-corrected chi connectivity index (χ1v) is 5.35. The van der Waals surface area contributed by atoms with Crippen LogP contribution in [0.25, 0.3) is 0 Å². The second-order valence-corrected chi connectivity index (χ2v) is 4.11. The molecule has 1 unspecified atom stereocenters. The fraction of sp³-hybridized carbons (Fsp3) is 0.231. The summed E-state index contributed by atoms with van der Waals surface area (Å²) in [6.45, 7) is 4.08. The molecule has 0 saturated carbocycles. The van der Waals surface area contributed by atoms with Crippen molar-refractivity contribution in [2.75, 3.05) is 6.54 Å². The van der Waals surface area contributed by atoms with Gasteiger partial charge in [0.2, 0.25) is 0 Å². The highest BCUT2D eigenvalue weighted by Gasteiger charge is 2.36. The van der Waals surface area contributed by atoms with Crippen molar-refractivity contribution in [3.63, 3.8) is 0 Å². The number of carbonyl (C=O) groups is 2. The third kappa shape index (κ3) is 2.20. The van der Waals surface area contributed by atoms with E-state index in [0.717, 1.165) is 5.57 Å². The molecule has 0 radical (unpaired) electrons. The first kappa shape index (κ1) is 11.4. The Bertz CT molecular complexity index is 467. The highest BCUT2D eigenvalue weighted by molar-refractivity contribution is 5.97. The molecule has 88 valence electrons. The molecule has 1 amide bonds. The first-order valence-electron chi connectivity index (χ1n) is 5.35. The van der Waals surface area contributed by atoms with Gasteiger partial charge in [-0.15, -0.1) is 0 Å². The molecule has 1 atom stereocenters. The molecule has 1 aromatic carbocycles. The number of hydrogen-bond donors (Lipinski definition) is 1.